The van der Waals surface area contributed by atoms with Crippen LogP contribution in [0.1, 0.15) is 31.9 Å². The fraction of sp³-hybridized carbons (Fsp3) is 0.381. The number of thioether (sulfide) groups is 1. The molecule has 0 N–H and O–H groups in total. The number of fused-ring (bicyclic) bond motifs is 1. The Balaban J connectivity index is 2.15. The van der Waals surface area contributed by atoms with Crippen molar-refractivity contribution in [1.82, 2.24) is 9.80 Å². The number of carbonyl (C=O) groups is 2. The molecule has 1 atom stereocenters. The zero-order chi connectivity index (χ0) is 22.8. The number of hydrogen-bond donors (Lipinski definition) is 0. The standard InChI is InChI=1S/C21H22F3N3O3S/c1-4-26(3)15(28)11-14-12-31-20-25-18(21(22,23)24)16(19(29)30-5-2)17(27(14)20)13-9-7-6-8-10-13/h6-10,12,17H,4-5,11H2,1-3H3/t17-/m0/s1. The van der Waals surface area contributed by atoms with Crippen molar-refractivity contribution in [2.75, 3.05) is 20.2 Å². The highest BCUT2D eigenvalue weighted by Gasteiger charge is 2.49. The van der Waals surface area contributed by atoms with Gasteiger partial charge < -0.3 is 14.5 Å². The second-order valence-electron chi connectivity index (χ2n) is 6.87. The summed E-state index contributed by atoms with van der Waals surface area (Å²) >= 11 is 0.998. The zero-order valence-electron chi connectivity index (χ0n) is 17.3. The van der Waals surface area contributed by atoms with Crippen LogP contribution in [0.3, 0.4) is 0 Å². The molecule has 1 aromatic rings. The number of esters is 1. The molecule has 31 heavy (non-hydrogen) atoms. The summed E-state index contributed by atoms with van der Waals surface area (Å²) in [4.78, 5) is 32.1. The first kappa shape index (κ1) is 22.9. The van der Waals surface area contributed by atoms with Gasteiger partial charge in [0, 0.05) is 19.3 Å². The van der Waals surface area contributed by atoms with Gasteiger partial charge in [0.05, 0.1) is 24.6 Å². The highest BCUT2D eigenvalue weighted by molar-refractivity contribution is 8.16. The molecule has 3 rings (SSSR count). The first-order valence-electron chi connectivity index (χ1n) is 9.70. The highest BCUT2D eigenvalue weighted by Crippen LogP contribution is 2.48. The van der Waals surface area contributed by atoms with Crippen molar-refractivity contribution < 1.29 is 27.5 Å². The SMILES string of the molecule is CCOC(=O)C1=C(C(F)(F)F)N=C2SC=C(CC(=O)N(C)CC)N2[C@H]1c1ccccc1. The van der Waals surface area contributed by atoms with Crippen LogP contribution in [0, 0.1) is 0 Å². The number of alkyl halides is 3. The average molecular weight is 453 g/mol. The number of allylic oxidation sites excluding steroid dienone is 1. The van der Waals surface area contributed by atoms with Crippen LogP contribution in [0.4, 0.5) is 13.2 Å². The minimum atomic E-state index is -4.85. The fourth-order valence-electron chi connectivity index (χ4n) is 3.31. The summed E-state index contributed by atoms with van der Waals surface area (Å²) in [6.07, 6.45) is -4.88. The van der Waals surface area contributed by atoms with Crippen LogP contribution in [-0.2, 0) is 14.3 Å². The van der Waals surface area contributed by atoms with Gasteiger partial charge >= 0.3 is 12.1 Å². The number of rotatable bonds is 6. The molecule has 6 nitrogen and oxygen atoms in total. The minimum absolute atomic E-state index is 0.0306. The van der Waals surface area contributed by atoms with Gasteiger partial charge in [-0.25, -0.2) is 9.79 Å². The van der Waals surface area contributed by atoms with Crippen LogP contribution in [0.5, 0.6) is 0 Å². The lowest BCUT2D eigenvalue weighted by Crippen LogP contribution is -2.40. The van der Waals surface area contributed by atoms with Crippen molar-refractivity contribution in [3.05, 3.63) is 58.3 Å². The predicted molar refractivity (Wildman–Crippen MR) is 112 cm³/mol. The van der Waals surface area contributed by atoms with Crippen LogP contribution in [0.15, 0.2) is 57.7 Å². The normalized spacial score (nSPS) is 18.4. The Hall–Kier alpha value is -2.75. The van der Waals surface area contributed by atoms with Crippen molar-refractivity contribution in [3.63, 3.8) is 0 Å². The number of nitrogens with zero attached hydrogens (tertiary/aromatic N) is 3. The van der Waals surface area contributed by atoms with E-state index in [1.54, 1.807) is 42.8 Å². The number of carbonyl (C=O) groups excluding carboxylic acids is 2. The maximum absolute atomic E-state index is 13.9. The van der Waals surface area contributed by atoms with E-state index in [1.165, 1.54) is 16.7 Å². The van der Waals surface area contributed by atoms with Gasteiger partial charge in [-0.2, -0.15) is 13.2 Å². The number of amidine groups is 1. The summed E-state index contributed by atoms with van der Waals surface area (Å²) in [6, 6.07) is 7.25. The number of amides is 1. The summed E-state index contributed by atoms with van der Waals surface area (Å²) in [5.74, 6) is -1.27. The molecule has 0 fully saturated rings. The molecular weight excluding hydrogens is 431 g/mol. The lowest BCUT2D eigenvalue weighted by atomic mass is 9.93. The Labute approximate surface area is 182 Å². The quantitative estimate of drug-likeness (QED) is 0.603. The molecule has 1 aromatic carbocycles. The van der Waals surface area contributed by atoms with E-state index in [-0.39, 0.29) is 24.1 Å². The van der Waals surface area contributed by atoms with Gasteiger partial charge in [0.1, 0.15) is 0 Å². The van der Waals surface area contributed by atoms with Gasteiger partial charge in [0.25, 0.3) is 0 Å². The van der Waals surface area contributed by atoms with Gasteiger partial charge in [-0.15, -0.1) is 0 Å². The van der Waals surface area contributed by atoms with E-state index in [9.17, 15) is 22.8 Å². The van der Waals surface area contributed by atoms with Crippen LogP contribution >= 0.6 is 11.8 Å². The summed E-state index contributed by atoms with van der Waals surface area (Å²) in [7, 11) is 1.65. The molecule has 0 unspecified atom stereocenters. The summed E-state index contributed by atoms with van der Waals surface area (Å²) in [5, 5.41) is 1.68. The first-order chi connectivity index (χ1) is 14.7. The summed E-state index contributed by atoms with van der Waals surface area (Å²) in [6.45, 7) is 3.77. The number of aliphatic imine (C=N–C) groups is 1. The van der Waals surface area contributed by atoms with Gasteiger partial charge in [0.2, 0.25) is 5.91 Å². The molecule has 0 aromatic heterocycles. The Morgan fingerprint density at radius 1 is 1.23 bits per heavy atom. The maximum atomic E-state index is 13.9. The van der Waals surface area contributed by atoms with Crippen molar-refractivity contribution in [2.24, 2.45) is 4.99 Å². The second kappa shape index (κ2) is 9.17. The molecule has 166 valence electrons. The zero-order valence-corrected chi connectivity index (χ0v) is 18.1. The highest BCUT2D eigenvalue weighted by atomic mass is 32.2. The number of benzene rings is 1. The van der Waals surface area contributed by atoms with Crippen molar-refractivity contribution in [3.8, 4) is 0 Å². The van der Waals surface area contributed by atoms with E-state index in [1.807, 2.05) is 6.92 Å². The second-order valence-corrected chi connectivity index (χ2v) is 7.71. The smallest absolute Gasteiger partial charge is 0.434 e. The minimum Gasteiger partial charge on any atom is -0.463 e. The molecule has 2 aliphatic rings. The van der Waals surface area contributed by atoms with Gasteiger partial charge in [-0.05, 0) is 24.8 Å². The molecule has 2 aliphatic heterocycles. The summed E-state index contributed by atoms with van der Waals surface area (Å²) in [5.41, 5.74) is -0.922. The topological polar surface area (TPSA) is 62.2 Å². The van der Waals surface area contributed by atoms with Gasteiger partial charge in [0.15, 0.2) is 10.9 Å². The van der Waals surface area contributed by atoms with Crippen LogP contribution < -0.4 is 0 Å². The van der Waals surface area contributed by atoms with E-state index in [4.69, 9.17) is 4.74 Å². The molecule has 0 bridgehead atoms. The summed E-state index contributed by atoms with van der Waals surface area (Å²) < 4.78 is 46.7. The van der Waals surface area contributed by atoms with Crippen molar-refractivity contribution in [1.29, 1.82) is 0 Å². The van der Waals surface area contributed by atoms with E-state index in [0.717, 1.165) is 11.8 Å². The van der Waals surface area contributed by atoms with Crippen LogP contribution in [-0.4, -0.2) is 53.2 Å². The number of ether oxygens (including phenoxy) is 1. The van der Waals surface area contributed by atoms with E-state index >= 15 is 0 Å². The van der Waals surface area contributed by atoms with Gasteiger partial charge in [-0.1, -0.05) is 42.1 Å². The predicted octanol–water partition coefficient (Wildman–Crippen LogP) is 4.24. The third-order valence-electron chi connectivity index (χ3n) is 4.92. The van der Waals surface area contributed by atoms with E-state index < -0.39 is 29.5 Å². The van der Waals surface area contributed by atoms with Crippen LogP contribution in [0.2, 0.25) is 0 Å². The molecule has 0 aliphatic carbocycles. The Kier molecular flexibility index (Phi) is 6.78. The monoisotopic (exact) mass is 453 g/mol. The molecule has 0 radical (unpaired) electrons. The largest absolute Gasteiger partial charge is 0.463 e. The lowest BCUT2D eigenvalue weighted by molar-refractivity contribution is -0.140. The number of halogens is 3. The lowest BCUT2D eigenvalue weighted by Gasteiger charge is -2.37. The molecule has 0 saturated heterocycles. The average Bonchev–Trinajstić information content (AvgIpc) is 3.14. The molecule has 2 heterocycles. The Morgan fingerprint density at radius 3 is 2.48 bits per heavy atom. The Morgan fingerprint density at radius 2 is 1.90 bits per heavy atom. The fourth-order valence-corrected chi connectivity index (χ4v) is 4.22. The van der Waals surface area contributed by atoms with Crippen molar-refractivity contribution in [2.45, 2.75) is 32.5 Å². The first-order valence-corrected chi connectivity index (χ1v) is 10.6. The third-order valence-corrected chi connectivity index (χ3v) is 5.81. The maximum Gasteiger partial charge on any atom is 0.434 e. The van der Waals surface area contributed by atoms with Crippen LogP contribution in [0.25, 0.3) is 0 Å². The Bertz CT molecular complexity index is 958. The molecule has 1 amide bonds. The number of hydrogen-bond acceptors (Lipinski definition) is 6. The van der Waals surface area contributed by atoms with Crippen molar-refractivity contribution >= 4 is 28.8 Å². The van der Waals surface area contributed by atoms with E-state index in [2.05, 4.69) is 4.99 Å². The molecule has 10 heteroatoms. The molecular formula is C21H22F3N3O3S. The molecule has 0 spiro atoms. The third kappa shape index (κ3) is 4.63. The molecule has 0 saturated carbocycles. The van der Waals surface area contributed by atoms with E-state index in [0.29, 0.717) is 17.8 Å². The van der Waals surface area contributed by atoms with Gasteiger partial charge in [-0.3, -0.25) is 4.79 Å².